The lowest BCUT2D eigenvalue weighted by Gasteiger charge is -2.29. The molecule has 0 unspecified atom stereocenters. The molecule has 6 nitrogen and oxygen atoms in total. The molecular formula is C21H24N2O4. The van der Waals surface area contributed by atoms with Gasteiger partial charge in [0.1, 0.15) is 0 Å². The van der Waals surface area contributed by atoms with Crippen molar-refractivity contribution in [1.82, 2.24) is 0 Å². The topological polar surface area (TPSA) is 51.2 Å². The van der Waals surface area contributed by atoms with Crippen molar-refractivity contribution in [1.29, 1.82) is 0 Å². The number of rotatable bonds is 5. The predicted octanol–water partition coefficient (Wildman–Crippen LogP) is 2.50. The molecule has 142 valence electrons. The number of morpholine rings is 1. The van der Waals surface area contributed by atoms with E-state index in [9.17, 15) is 4.79 Å². The summed E-state index contributed by atoms with van der Waals surface area (Å²) in [7, 11) is 1.59. The summed E-state index contributed by atoms with van der Waals surface area (Å²) in [5.41, 5.74) is 3.34. The number of hydrogen-bond acceptors (Lipinski definition) is 5. The highest BCUT2D eigenvalue weighted by atomic mass is 16.5. The van der Waals surface area contributed by atoms with Crippen LogP contribution in [0.25, 0.3) is 0 Å². The number of fused-ring (bicyclic) bond motifs is 1. The molecule has 1 saturated heterocycles. The van der Waals surface area contributed by atoms with Crippen LogP contribution in [0.1, 0.15) is 5.56 Å². The number of anilines is 2. The average Bonchev–Trinajstić information content (AvgIpc) is 3.16. The Bertz CT molecular complexity index is 818. The average molecular weight is 368 g/mol. The van der Waals surface area contributed by atoms with Gasteiger partial charge >= 0.3 is 0 Å². The molecule has 6 heteroatoms. The van der Waals surface area contributed by atoms with Crippen molar-refractivity contribution in [3.63, 3.8) is 0 Å². The normalized spacial score (nSPS) is 16.2. The molecule has 2 aromatic carbocycles. The predicted molar refractivity (Wildman–Crippen MR) is 104 cm³/mol. The highest BCUT2D eigenvalue weighted by Crippen LogP contribution is 2.33. The first-order chi connectivity index (χ1) is 13.3. The van der Waals surface area contributed by atoms with Crippen molar-refractivity contribution in [2.24, 2.45) is 0 Å². The van der Waals surface area contributed by atoms with Crippen molar-refractivity contribution in [2.75, 3.05) is 56.4 Å². The first kappa shape index (κ1) is 17.7. The lowest BCUT2D eigenvalue weighted by atomic mass is 10.1. The summed E-state index contributed by atoms with van der Waals surface area (Å²) >= 11 is 0. The highest BCUT2D eigenvalue weighted by Gasteiger charge is 2.26. The molecule has 1 fully saturated rings. The van der Waals surface area contributed by atoms with E-state index >= 15 is 0 Å². The van der Waals surface area contributed by atoms with Gasteiger partial charge in [0.15, 0.2) is 18.1 Å². The number of hydrogen-bond donors (Lipinski definition) is 0. The van der Waals surface area contributed by atoms with Gasteiger partial charge in [0.2, 0.25) is 0 Å². The summed E-state index contributed by atoms with van der Waals surface area (Å²) < 4.78 is 16.4. The Kier molecular flexibility index (Phi) is 5.16. The van der Waals surface area contributed by atoms with Crippen LogP contribution < -0.4 is 19.3 Å². The van der Waals surface area contributed by atoms with E-state index in [4.69, 9.17) is 14.2 Å². The van der Waals surface area contributed by atoms with E-state index in [2.05, 4.69) is 23.1 Å². The highest BCUT2D eigenvalue weighted by molar-refractivity contribution is 5.97. The van der Waals surface area contributed by atoms with Crippen LogP contribution >= 0.6 is 0 Å². The molecule has 1 amide bonds. The van der Waals surface area contributed by atoms with E-state index in [-0.39, 0.29) is 12.5 Å². The molecule has 0 bridgehead atoms. The monoisotopic (exact) mass is 368 g/mol. The molecule has 0 saturated carbocycles. The molecule has 2 aliphatic heterocycles. The molecule has 0 aliphatic carbocycles. The van der Waals surface area contributed by atoms with E-state index in [1.165, 1.54) is 5.56 Å². The van der Waals surface area contributed by atoms with Gasteiger partial charge in [-0.15, -0.1) is 0 Å². The van der Waals surface area contributed by atoms with Crippen LogP contribution in [0.4, 0.5) is 11.4 Å². The number of ether oxygens (including phenoxy) is 3. The van der Waals surface area contributed by atoms with Crippen LogP contribution in [-0.2, 0) is 16.0 Å². The summed E-state index contributed by atoms with van der Waals surface area (Å²) in [6, 6.07) is 13.8. The molecule has 0 atom stereocenters. The van der Waals surface area contributed by atoms with Crippen LogP contribution in [0.5, 0.6) is 11.5 Å². The third kappa shape index (κ3) is 3.71. The molecule has 2 aromatic rings. The fraction of sp³-hybridized carbons (Fsp3) is 0.381. The van der Waals surface area contributed by atoms with E-state index < -0.39 is 0 Å². The zero-order valence-electron chi connectivity index (χ0n) is 15.5. The van der Waals surface area contributed by atoms with Crippen molar-refractivity contribution < 1.29 is 19.0 Å². The van der Waals surface area contributed by atoms with Crippen molar-refractivity contribution >= 4 is 17.3 Å². The van der Waals surface area contributed by atoms with Crippen LogP contribution in [-0.4, -0.2) is 52.5 Å². The van der Waals surface area contributed by atoms with Gasteiger partial charge in [0, 0.05) is 31.0 Å². The number of para-hydroxylation sites is 2. The fourth-order valence-corrected chi connectivity index (χ4v) is 3.60. The molecule has 0 aromatic heterocycles. The minimum Gasteiger partial charge on any atom is -0.493 e. The number of nitrogens with zero attached hydrogens (tertiary/aromatic N) is 2. The molecule has 0 N–H and O–H groups in total. The molecule has 0 radical (unpaired) electrons. The standard InChI is InChI=1S/C21H24N2O4/c1-25-19-4-2-3-5-20(19)27-15-21(24)23-9-8-16-6-7-17(14-18(16)23)22-10-12-26-13-11-22/h2-7,14H,8-13,15H2,1H3. The van der Waals surface area contributed by atoms with E-state index in [0.717, 1.165) is 44.1 Å². The third-order valence-electron chi connectivity index (χ3n) is 5.06. The Morgan fingerprint density at radius 1 is 1.07 bits per heavy atom. The second kappa shape index (κ2) is 7.88. The number of methoxy groups -OCH3 is 1. The second-order valence-electron chi connectivity index (χ2n) is 6.65. The zero-order chi connectivity index (χ0) is 18.6. The summed E-state index contributed by atoms with van der Waals surface area (Å²) in [6.45, 7) is 3.92. The van der Waals surface area contributed by atoms with Crippen LogP contribution in [0.3, 0.4) is 0 Å². The van der Waals surface area contributed by atoms with Gasteiger partial charge in [-0.25, -0.2) is 0 Å². The molecule has 2 heterocycles. The van der Waals surface area contributed by atoms with Gasteiger partial charge < -0.3 is 24.0 Å². The van der Waals surface area contributed by atoms with Crippen LogP contribution in [0.2, 0.25) is 0 Å². The third-order valence-corrected chi connectivity index (χ3v) is 5.06. The maximum Gasteiger partial charge on any atom is 0.264 e. The Labute approximate surface area is 159 Å². The SMILES string of the molecule is COc1ccccc1OCC(=O)N1CCc2ccc(N3CCOCC3)cc21. The lowest BCUT2D eigenvalue weighted by molar-refractivity contribution is -0.120. The molecule has 27 heavy (non-hydrogen) atoms. The lowest BCUT2D eigenvalue weighted by Crippen LogP contribution is -2.36. The first-order valence-corrected chi connectivity index (χ1v) is 9.28. The van der Waals surface area contributed by atoms with E-state index in [1.807, 2.05) is 23.1 Å². The quantitative estimate of drug-likeness (QED) is 0.812. The van der Waals surface area contributed by atoms with Crippen molar-refractivity contribution in [3.05, 3.63) is 48.0 Å². The van der Waals surface area contributed by atoms with Gasteiger partial charge in [-0.3, -0.25) is 4.79 Å². The number of benzene rings is 2. The smallest absolute Gasteiger partial charge is 0.264 e. The van der Waals surface area contributed by atoms with Crippen LogP contribution in [0, 0.1) is 0 Å². The minimum absolute atomic E-state index is 0.0123. The largest absolute Gasteiger partial charge is 0.493 e. The van der Waals surface area contributed by atoms with Gasteiger partial charge in [-0.1, -0.05) is 18.2 Å². The second-order valence-corrected chi connectivity index (χ2v) is 6.65. The van der Waals surface area contributed by atoms with E-state index in [1.54, 1.807) is 13.2 Å². The number of carbonyl (C=O) groups is 1. The van der Waals surface area contributed by atoms with Crippen molar-refractivity contribution in [2.45, 2.75) is 6.42 Å². The Balaban J connectivity index is 1.47. The zero-order valence-corrected chi connectivity index (χ0v) is 15.5. The molecular weight excluding hydrogens is 344 g/mol. The van der Waals surface area contributed by atoms with Crippen LogP contribution in [0.15, 0.2) is 42.5 Å². The Hall–Kier alpha value is -2.73. The van der Waals surface area contributed by atoms with E-state index in [0.29, 0.717) is 18.0 Å². The molecule has 4 rings (SSSR count). The Morgan fingerprint density at radius 2 is 1.85 bits per heavy atom. The first-order valence-electron chi connectivity index (χ1n) is 9.28. The summed E-state index contributed by atoms with van der Waals surface area (Å²) in [4.78, 5) is 16.9. The summed E-state index contributed by atoms with van der Waals surface area (Å²) in [5, 5.41) is 0. The molecule has 2 aliphatic rings. The summed E-state index contributed by atoms with van der Waals surface area (Å²) in [6.07, 6.45) is 0.874. The Morgan fingerprint density at radius 3 is 2.63 bits per heavy atom. The van der Waals surface area contributed by atoms with Gasteiger partial charge in [0.25, 0.3) is 5.91 Å². The van der Waals surface area contributed by atoms with Crippen molar-refractivity contribution in [3.8, 4) is 11.5 Å². The number of carbonyl (C=O) groups excluding carboxylic acids is 1. The minimum atomic E-state index is -0.0428. The maximum atomic E-state index is 12.8. The fourth-order valence-electron chi connectivity index (χ4n) is 3.60. The van der Waals surface area contributed by atoms with Gasteiger partial charge in [-0.2, -0.15) is 0 Å². The van der Waals surface area contributed by atoms with Gasteiger partial charge in [0.05, 0.1) is 20.3 Å². The maximum absolute atomic E-state index is 12.8. The number of amides is 1. The summed E-state index contributed by atoms with van der Waals surface area (Å²) in [5.74, 6) is 1.16. The van der Waals surface area contributed by atoms with Gasteiger partial charge in [-0.05, 0) is 36.2 Å². The molecule has 0 spiro atoms.